The number of carbonyl (C=O) groups is 2. The number of anilines is 2. The number of allylic oxidation sites excluding steroid dienone is 2. The minimum Gasteiger partial charge on any atom is -0.462 e. The van der Waals surface area contributed by atoms with E-state index in [9.17, 15) is 19.8 Å². The summed E-state index contributed by atoms with van der Waals surface area (Å²) in [6.07, 6.45) is 2.54. The van der Waals surface area contributed by atoms with Gasteiger partial charge in [0.15, 0.2) is 0 Å². The molecule has 2 heterocycles. The molecular weight excluding hydrogens is 450 g/mol. The Labute approximate surface area is 197 Å². The molecular formula is C22H27N3O5S2. The van der Waals surface area contributed by atoms with Gasteiger partial charge in [-0.2, -0.15) is 0 Å². The van der Waals surface area contributed by atoms with E-state index in [1.807, 2.05) is 29.7 Å². The molecule has 1 unspecified atom stereocenters. The van der Waals surface area contributed by atoms with Crippen LogP contribution in [0.4, 0.5) is 11.4 Å². The predicted octanol–water partition coefficient (Wildman–Crippen LogP) is 2.47. The van der Waals surface area contributed by atoms with Gasteiger partial charge in [0.25, 0.3) is 5.91 Å². The van der Waals surface area contributed by atoms with Gasteiger partial charge in [-0.15, -0.1) is 0 Å². The molecule has 0 radical (unpaired) electrons. The van der Waals surface area contributed by atoms with Crippen molar-refractivity contribution in [3.8, 4) is 0 Å². The average Bonchev–Trinajstić information content (AvgIpc) is 3.23. The molecule has 0 saturated carbocycles. The third-order valence-corrected chi connectivity index (χ3v) is 6.51. The van der Waals surface area contributed by atoms with E-state index in [2.05, 4.69) is 0 Å². The second-order valence-corrected chi connectivity index (χ2v) is 8.76. The topological polar surface area (TPSA) is 93.5 Å². The lowest BCUT2D eigenvalue weighted by molar-refractivity contribution is -0.122. The lowest BCUT2D eigenvalue weighted by Gasteiger charge is -2.26. The highest BCUT2D eigenvalue weighted by Crippen LogP contribution is 2.42. The molecule has 0 aliphatic carbocycles. The van der Waals surface area contributed by atoms with Crippen molar-refractivity contribution in [3.05, 3.63) is 46.6 Å². The smallest absolute Gasteiger partial charge is 0.338 e. The molecule has 8 nitrogen and oxygen atoms in total. The summed E-state index contributed by atoms with van der Waals surface area (Å²) >= 11 is 6.53. The van der Waals surface area contributed by atoms with Crippen molar-refractivity contribution in [2.24, 2.45) is 0 Å². The summed E-state index contributed by atoms with van der Waals surface area (Å²) in [5.74, 6) is 0.156. The van der Waals surface area contributed by atoms with Crippen LogP contribution < -0.4 is 9.80 Å². The van der Waals surface area contributed by atoms with E-state index >= 15 is 0 Å². The number of rotatable bonds is 8. The molecule has 2 aliphatic rings. The van der Waals surface area contributed by atoms with Crippen LogP contribution in [0, 0.1) is 0 Å². The molecule has 1 atom stereocenters. The van der Waals surface area contributed by atoms with E-state index in [-0.39, 0.29) is 19.1 Å². The molecule has 2 aliphatic heterocycles. The van der Waals surface area contributed by atoms with Crippen molar-refractivity contribution in [3.63, 3.8) is 0 Å². The van der Waals surface area contributed by atoms with Gasteiger partial charge in [0.05, 0.1) is 47.7 Å². The van der Waals surface area contributed by atoms with Gasteiger partial charge in [-0.25, -0.2) is 4.79 Å². The van der Waals surface area contributed by atoms with Gasteiger partial charge in [-0.1, -0.05) is 24.0 Å². The van der Waals surface area contributed by atoms with Crippen molar-refractivity contribution in [2.75, 3.05) is 42.6 Å². The summed E-state index contributed by atoms with van der Waals surface area (Å²) < 4.78 is 5.65. The van der Waals surface area contributed by atoms with Crippen LogP contribution in [0.25, 0.3) is 0 Å². The Morgan fingerprint density at radius 1 is 1.16 bits per heavy atom. The first-order valence-electron chi connectivity index (χ1n) is 10.5. The molecule has 172 valence electrons. The number of aliphatic hydroxyl groups excluding tert-OH is 2. The molecule has 1 saturated heterocycles. The molecule has 0 bridgehead atoms. The summed E-state index contributed by atoms with van der Waals surface area (Å²) in [5.41, 5.74) is 1.97. The van der Waals surface area contributed by atoms with E-state index in [4.69, 9.17) is 17.0 Å². The lowest BCUT2D eigenvalue weighted by Crippen LogP contribution is -2.35. The fourth-order valence-electron chi connectivity index (χ4n) is 3.61. The fourth-order valence-corrected chi connectivity index (χ4v) is 4.94. The van der Waals surface area contributed by atoms with Gasteiger partial charge in [0.1, 0.15) is 10.1 Å². The maximum atomic E-state index is 12.6. The first-order chi connectivity index (χ1) is 15.4. The van der Waals surface area contributed by atoms with Crippen LogP contribution in [-0.4, -0.2) is 70.3 Å². The van der Waals surface area contributed by atoms with Gasteiger partial charge < -0.3 is 24.7 Å². The maximum Gasteiger partial charge on any atom is 0.338 e. The van der Waals surface area contributed by atoms with Crippen LogP contribution in [0.2, 0.25) is 0 Å². The minimum atomic E-state index is -0.993. The molecule has 10 heteroatoms. The molecule has 1 aromatic carbocycles. The number of thiocarbonyl (C=S) groups is 1. The number of hydrogen-bond acceptors (Lipinski definition) is 9. The van der Waals surface area contributed by atoms with E-state index in [0.29, 0.717) is 33.6 Å². The van der Waals surface area contributed by atoms with Crippen LogP contribution in [0.1, 0.15) is 31.1 Å². The quantitative estimate of drug-likeness (QED) is 0.333. The molecule has 0 spiro atoms. The lowest BCUT2D eigenvalue weighted by atomic mass is 10.1. The van der Waals surface area contributed by atoms with E-state index in [1.165, 1.54) is 11.8 Å². The third-order valence-electron chi connectivity index (χ3n) is 5.12. The standard InChI is InChI=1S/C22H27N3O5S2/c1-4-23-16-8-7-14(21(29)30-6-3)11-17(16)25(12-15(27)13-26)19(23)10-9-18-20(28)24(5-2)22(31)32-18/h7-11,15,26-27H,4-6,12-13H2,1-3H3/b18-9+,19-10+. The fraction of sp³-hybridized carbons (Fsp3) is 0.409. The van der Waals surface area contributed by atoms with E-state index in [0.717, 1.165) is 11.5 Å². The maximum absolute atomic E-state index is 12.6. The molecule has 1 amide bonds. The minimum absolute atomic E-state index is 0.113. The van der Waals surface area contributed by atoms with Crippen molar-refractivity contribution in [2.45, 2.75) is 26.9 Å². The number of benzene rings is 1. The SMILES string of the molecule is CCOC(=O)c1ccc2c(c1)N(CC(O)CO)/C(=C/C=C1/SC(=S)N(CC)C1=O)N2CC. The number of fused-ring (bicyclic) bond motifs is 1. The van der Waals surface area contributed by atoms with Gasteiger partial charge in [0.2, 0.25) is 0 Å². The second-order valence-electron chi connectivity index (χ2n) is 7.09. The Hall–Kier alpha value is -2.40. The summed E-state index contributed by atoms with van der Waals surface area (Å²) in [4.78, 5) is 30.8. The highest BCUT2D eigenvalue weighted by molar-refractivity contribution is 8.26. The second kappa shape index (κ2) is 10.5. The number of hydrogen-bond donors (Lipinski definition) is 2. The molecule has 1 fully saturated rings. The highest BCUT2D eigenvalue weighted by atomic mass is 32.2. The Morgan fingerprint density at radius 3 is 2.47 bits per heavy atom. The number of thioether (sulfide) groups is 1. The summed E-state index contributed by atoms with van der Waals surface area (Å²) in [7, 11) is 0. The Morgan fingerprint density at radius 2 is 1.88 bits per heavy atom. The molecule has 3 rings (SSSR count). The zero-order valence-corrected chi connectivity index (χ0v) is 19.9. The Kier molecular flexibility index (Phi) is 7.94. The van der Waals surface area contributed by atoms with Gasteiger partial charge >= 0.3 is 5.97 Å². The first-order valence-corrected chi connectivity index (χ1v) is 11.7. The molecule has 0 aromatic heterocycles. The van der Waals surface area contributed by atoms with Gasteiger partial charge in [-0.05, 0) is 51.1 Å². The normalized spacial score (nSPS) is 19.3. The number of carbonyl (C=O) groups excluding carboxylic acids is 2. The van der Waals surface area contributed by atoms with Crippen LogP contribution in [0.15, 0.2) is 41.1 Å². The first kappa shape index (κ1) is 24.2. The predicted molar refractivity (Wildman–Crippen MR) is 130 cm³/mol. The Balaban J connectivity index is 2.04. The number of nitrogens with zero attached hydrogens (tertiary/aromatic N) is 3. The van der Waals surface area contributed by atoms with Crippen LogP contribution in [0.3, 0.4) is 0 Å². The Bertz CT molecular complexity index is 978. The van der Waals surface area contributed by atoms with Crippen LogP contribution in [-0.2, 0) is 9.53 Å². The van der Waals surface area contributed by atoms with Gasteiger partial charge in [-0.3, -0.25) is 9.69 Å². The third kappa shape index (κ3) is 4.68. The molecule has 2 N–H and O–H groups in total. The van der Waals surface area contributed by atoms with E-state index < -0.39 is 18.7 Å². The van der Waals surface area contributed by atoms with Crippen LogP contribution >= 0.6 is 24.0 Å². The summed E-state index contributed by atoms with van der Waals surface area (Å²) in [6.45, 7) is 6.71. The van der Waals surface area contributed by atoms with Crippen molar-refractivity contribution in [1.29, 1.82) is 0 Å². The zero-order chi connectivity index (χ0) is 23.4. The van der Waals surface area contributed by atoms with Crippen molar-refractivity contribution in [1.82, 2.24) is 4.90 Å². The number of ether oxygens (including phenoxy) is 1. The van der Waals surface area contributed by atoms with E-state index in [1.54, 1.807) is 36.1 Å². The monoisotopic (exact) mass is 477 g/mol. The zero-order valence-electron chi connectivity index (χ0n) is 18.3. The van der Waals surface area contributed by atoms with Crippen molar-refractivity contribution >= 4 is 51.6 Å². The number of esters is 1. The van der Waals surface area contributed by atoms with Gasteiger partial charge in [0, 0.05) is 13.1 Å². The largest absolute Gasteiger partial charge is 0.462 e. The average molecular weight is 478 g/mol. The number of amides is 1. The highest BCUT2D eigenvalue weighted by Gasteiger charge is 2.34. The molecule has 32 heavy (non-hydrogen) atoms. The van der Waals surface area contributed by atoms with Crippen molar-refractivity contribution < 1.29 is 24.5 Å². The summed E-state index contributed by atoms with van der Waals surface area (Å²) in [6, 6.07) is 5.26. The number of β-amino-alcohol motifs (C(OH)–C–C–N with tert-alkyl or cyclic N) is 1. The number of aliphatic hydroxyl groups is 2. The molecule has 1 aromatic rings. The van der Waals surface area contributed by atoms with Crippen LogP contribution in [0.5, 0.6) is 0 Å². The summed E-state index contributed by atoms with van der Waals surface area (Å²) in [5, 5.41) is 19.6. The number of likely N-dealkylation sites (N-methyl/N-ethyl adjacent to an activating group) is 1.